The fraction of sp³-hybridized carbons (Fsp3) is 0.560. The predicted molar refractivity (Wildman–Crippen MR) is 143 cm³/mol. The monoisotopic (exact) mass is 518 g/mol. The first-order valence-electron chi connectivity index (χ1n) is 12.6. The van der Waals surface area contributed by atoms with E-state index in [1.807, 2.05) is 13.8 Å². The molecule has 2 heterocycles. The minimum Gasteiger partial charge on any atom is -0.493 e. The Morgan fingerprint density at radius 1 is 1.31 bits per heavy atom. The second-order valence-corrected chi connectivity index (χ2v) is 10.8. The number of ether oxygens (including phenoxy) is 1. The molecule has 0 amide bonds. The quantitative estimate of drug-likeness (QED) is 0.299. The van der Waals surface area contributed by atoms with Crippen LogP contribution in [0.15, 0.2) is 27.9 Å². The Morgan fingerprint density at radius 3 is 2.72 bits per heavy atom. The van der Waals surface area contributed by atoms with Gasteiger partial charge in [0.15, 0.2) is 0 Å². The van der Waals surface area contributed by atoms with Gasteiger partial charge in [0.1, 0.15) is 23.0 Å². The molecule has 1 fully saturated rings. The van der Waals surface area contributed by atoms with Crippen LogP contribution in [0, 0.1) is 5.41 Å². The fourth-order valence-electron chi connectivity index (χ4n) is 4.35. The van der Waals surface area contributed by atoms with E-state index in [2.05, 4.69) is 31.8 Å². The van der Waals surface area contributed by atoms with E-state index >= 15 is 0 Å². The molecule has 198 valence electrons. The Morgan fingerprint density at radius 2 is 2.08 bits per heavy atom. The van der Waals surface area contributed by atoms with Crippen molar-refractivity contribution in [3.63, 3.8) is 0 Å². The summed E-state index contributed by atoms with van der Waals surface area (Å²) in [6.07, 6.45) is 4.20. The summed E-state index contributed by atoms with van der Waals surface area (Å²) in [6.45, 7) is 8.43. The number of hydrogen-bond donors (Lipinski definition) is 4. The highest BCUT2D eigenvalue weighted by molar-refractivity contribution is 7.89. The standard InChI is InChI=1S/C25H38N6O4S/c1-5-8-20(26)22-23(27-4)25(32)30-24(29-22)19-16-18(10-11-21(19)35-15-6-2)36(33,34)28-12-14-31-13-7-9-17(31)3/h10-11,16-17,26-28H,5-9,12-15H2,1-4H3,(H,29,30,32). The van der Waals surface area contributed by atoms with Gasteiger partial charge in [0.25, 0.3) is 5.56 Å². The zero-order valence-electron chi connectivity index (χ0n) is 21.6. The van der Waals surface area contributed by atoms with E-state index < -0.39 is 15.6 Å². The lowest BCUT2D eigenvalue weighted by Gasteiger charge is -2.21. The van der Waals surface area contributed by atoms with Gasteiger partial charge in [-0.05, 0) is 57.4 Å². The summed E-state index contributed by atoms with van der Waals surface area (Å²) in [5.74, 6) is 0.568. The van der Waals surface area contributed by atoms with Crippen LogP contribution in [0.3, 0.4) is 0 Å². The van der Waals surface area contributed by atoms with Gasteiger partial charge >= 0.3 is 0 Å². The smallest absolute Gasteiger partial charge is 0.275 e. The molecule has 1 aliphatic heterocycles. The summed E-state index contributed by atoms with van der Waals surface area (Å²) >= 11 is 0. The molecule has 1 aromatic heterocycles. The van der Waals surface area contributed by atoms with Gasteiger partial charge in [-0.15, -0.1) is 0 Å². The van der Waals surface area contributed by atoms with Gasteiger partial charge in [-0.25, -0.2) is 18.1 Å². The number of nitrogens with one attached hydrogen (secondary N) is 4. The van der Waals surface area contributed by atoms with Gasteiger partial charge in [0.05, 0.1) is 22.8 Å². The van der Waals surface area contributed by atoms with Gasteiger partial charge in [-0.1, -0.05) is 20.3 Å². The molecule has 0 spiro atoms. The first-order valence-corrected chi connectivity index (χ1v) is 14.1. The number of H-pyrrole nitrogens is 1. The average molecular weight is 519 g/mol. The first-order chi connectivity index (χ1) is 17.2. The second-order valence-electron chi connectivity index (χ2n) is 9.05. The van der Waals surface area contributed by atoms with Crippen molar-refractivity contribution < 1.29 is 13.2 Å². The first kappa shape index (κ1) is 27.8. The summed E-state index contributed by atoms with van der Waals surface area (Å²) in [4.78, 5) is 22.5. The average Bonchev–Trinajstić information content (AvgIpc) is 3.26. The number of nitrogens with zero attached hydrogens (tertiary/aromatic N) is 2. The minimum absolute atomic E-state index is 0.0568. The van der Waals surface area contributed by atoms with Gasteiger partial charge in [-0.3, -0.25) is 9.69 Å². The van der Waals surface area contributed by atoms with Crippen LogP contribution in [0.4, 0.5) is 5.69 Å². The third-order valence-electron chi connectivity index (χ3n) is 6.32. The highest BCUT2D eigenvalue weighted by Crippen LogP contribution is 2.31. The molecule has 0 aliphatic carbocycles. The van der Waals surface area contributed by atoms with E-state index in [-0.39, 0.29) is 27.8 Å². The zero-order valence-corrected chi connectivity index (χ0v) is 22.4. The van der Waals surface area contributed by atoms with Crippen molar-refractivity contribution in [2.45, 2.75) is 63.8 Å². The van der Waals surface area contributed by atoms with E-state index in [0.29, 0.717) is 43.5 Å². The Hall–Kier alpha value is -2.76. The topological polar surface area (TPSA) is 140 Å². The molecule has 3 rings (SSSR count). The van der Waals surface area contributed by atoms with Crippen molar-refractivity contribution in [1.29, 1.82) is 5.41 Å². The van der Waals surface area contributed by atoms with Crippen molar-refractivity contribution in [1.82, 2.24) is 19.6 Å². The molecule has 1 atom stereocenters. The van der Waals surface area contributed by atoms with Crippen LogP contribution in [-0.4, -0.2) is 68.3 Å². The summed E-state index contributed by atoms with van der Waals surface area (Å²) in [7, 11) is -2.20. The molecule has 10 nitrogen and oxygen atoms in total. The zero-order chi connectivity index (χ0) is 26.3. The van der Waals surface area contributed by atoms with Crippen LogP contribution in [0.2, 0.25) is 0 Å². The van der Waals surface area contributed by atoms with E-state index in [1.165, 1.54) is 12.1 Å². The number of hydrogen-bond acceptors (Lipinski definition) is 8. The van der Waals surface area contributed by atoms with E-state index in [4.69, 9.17) is 10.1 Å². The van der Waals surface area contributed by atoms with Crippen molar-refractivity contribution in [2.24, 2.45) is 0 Å². The Balaban J connectivity index is 1.98. The van der Waals surface area contributed by atoms with Gasteiger partial charge < -0.3 is 20.4 Å². The molecular formula is C25H38N6O4S. The SMILES string of the molecule is CCCOc1ccc(S(=O)(=O)NCCN2CCCC2C)cc1-c1nc(C(=N)CCC)c(NC)c(=O)[nH]1. The van der Waals surface area contributed by atoms with Crippen LogP contribution in [-0.2, 0) is 10.0 Å². The maximum absolute atomic E-state index is 13.1. The van der Waals surface area contributed by atoms with Crippen LogP contribution < -0.4 is 20.3 Å². The van der Waals surface area contributed by atoms with Crippen molar-refractivity contribution in [2.75, 3.05) is 38.6 Å². The normalized spacial score (nSPS) is 16.3. The summed E-state index contributed by atoms with van der Waals surface area (Å²) in [6, 6.07) is 5.01. The largest absolute Gasteiger partial charge is 0.493 e. The highest BCUT2D eigenvalue weighted by atomic mass is 32.2. The Kier molecular flexibility index (Phi) is 9.63. The molecule has 1 aliphatic rings. The van der Waals surface area contributed by atoms with Crippen LogP contribution in [0.1, 0.15) is 58.6 Å². The number of sulfonamides is 1. The van der Waals surface area contributed by atoms with E-state index in [1.54, 1.807) is 13.1 Å². The Bertz CT molecular complexity index is 1230. The van der Waals surface area contributed by atoms with E-state index in [9.17, 15) is 13.2 Å². The third kappa shape index (κ3) is 6.51. The van der Waals surface area contributed by atoms with Crippen LogP contribution in [0.5, 0.6) is 5.75 Å². The maximum atomic E-state index is 13.1. The summed E-state index contributed by atoms with van der Waals surface area (Å²) < 4.78 is 34.8. The number of anilines is 1. The maximum Gasteiger partial charge on any atom is 0.275 e. The predicted octanol–water partition coefficient (Wildman–Crippen LogP) is 3.20. The molecule has 0 bridgehead atoms. The molecule has 2 aromatic rings. The van der Waals surface area contributed by atoms with Crippen LogP contribution in [0.25, 0.3) is 11.4 Å². The fourth-order valence-corrected chi connectivity index (χ4v) is 5.40. The van der Waals surface area contributed by atoms with Crippen LogP contribution >= 0.6 is 0 Å². The third-order valence-corrected chi connectivity index (χ3v) is 7.77. The summed E-state index contributed by atoms with van der Waals surface area (Å²) in [5.41, 5.74) is 0.586. The molecule has 11 heteroatoms. The Labute approximate surface area is 213 Å². The summed E-state index contributed by atoms with van der Waals surface area (Å²) in [5, 5.41) is 11.2. The van der Waals surface area contributed by atoms with E-state index in [0.717, 1.165) is 32.2 Å². The van der Waals surface area contributed by atoms with Gasteiger partial charge in [0.2, 0.25) is 10.0 Å². The molecule has 1 aromatic carbocycles. The van der Waals surface area contributed by atoms with Gasteiger partial charge in [0, 0.05) is 26.2 Å². The van der Waals surface area contributed by atoms with Crippen molar-refractivity contribution >= 4 is 21.4 Å². The van der Waals surface area contributed by atoms with Crippen molar-refractivity contribution in [3.05, 3.63) is 34.2 Å². The lowest BCUT2D eigenvalue weighted by atomic mass is 10.1. The molecule has 1 saturated heterocycles. The molecule has 0 radical (unpaired) electrons. The minimum atomic E-state index is -3.80. The second kappa shape index (κ2) is 12.5. The molecule has 1 unspecified atom stereocenters. The number of likely N-dealkylation sites (tertiary alicyclic amines) is 1. The van der Waals surface area contributed by atoms with Crippen molar-refractivity contribution in [3.8, 4) is 17.1 Å². The van der Waals surface area contributed by atoms with Gasteiger partial charge in [-0.2, -0.15) is 0 Å². The lowest BCUT2D eigenvalue weighted by molar-refractivity contribution is 0.273. The number of rotatable bonds is 13. The molecule has 4 N–H and O–H groups in total. The number of benzene rings is 1. The molecule has 36 heavy (non-hydrogen) atoms. The highest BCUT2D eigenvalue weighted by Gasteiger charge is 2.23. The number of aromatic nitrogens is 2. The molecule has 0 saturated carbocycles. The number of aromatic amines is 1. The lowest BCUT2D eigenvalue weighted by Crippen LogP contribution is -2.36. The molecular weight excluding hydrogens is 480 g/mol.